The van der Waals surface area contributed by atoms with E-state index >= 15 is 0 Å². The molecule has 0 saturated carbocycles. The van der Waals surface area contributed by atoms with Crippen molar-refractivity contribution < 1.29 is 27.5 Å². The Morgan fingerprint density at radius 3 is 2.23 bits per heavy atom. The van der Waals surface area contributed by atoms with E-state index in [-0.39, 0.29) is 12.5 Å². The zero-order chi connectivity index (χ0) is 25.0. The van der Waals surface area contributed by atoms with E-state index in [1.165, 1.54) is 42.4 Å². The smallest absolute Gasteiger partial charge is 0.378 e. The van der Waals surface area contributed by atoms with Crippen LogP contribution in [0.2, 0.25) is 0 Å². The van der Waals surface area contributed by atoms with E-state index in [2.05, 4.69) is 15.3 Å². The third-order valence-electron chi connectivity index (χ3n) is 5.51. The first-order chi connectivity index (χ1) is 16.7. The van der Waals surface area contributed by atoms with E-state index in [9.17, 15) is 22.8 Å². The van der Waals surface area contributed by atoms with Gasteiger partial charge in [0.05, 0.1) is 25.4 Å². The van der Waals surface area contributed by atoms with Crippen molar-refractivity contribution in [1.29, 1.82) is 0 Å². The summed E-state index contributed by atoms with van der Waals surface area (Å²) in [4.78, 5) is 28.6. The fourth-order valence-corrected chi connectivity index (χ4v) is 3.66. The van der Waals surface area contributed by atoms with Gasteiger partial charge in [0.25, 0.3) is 5.91 Å². The number of hydrogen-bond acceptors (Lipinski definition) is 5. The number of halogens is 3. The summed E-state index contributed by atoms with van der Waals surface area (Å²) in [7, 11) is 1.50. The van der Waals surface area contributed by atoms with E-state index < -0.39 is 17.8 Å². The Labute approximate surface area is 199 Å². The van der Waals surface area contributed by atoms with Crippen molar-refractivity contribution >= 4 is 23.2 Å². The number of benzene rings is 2. The van der Waals surface area contributed by atoms with Gasteiger partial charge >= 0.3 is 6.18 Å². The quantitative estimate of drug-likeness (QED) is 0.576. The van der Waals surface area contributed by atoms with Crippen molar-refractivity contribution in [3.05, 3.63) is 72.1 Å². The van der Waals surface area contributed by atoms with Crippen LogP contribution >= 0.6 is 0 Å². The molecule has 2 amide bonds. The minimum Gasteiger partial charge on any atom is -0.378 e. The number of amides is 2. The maximum absolute atomic E-state index is 12.7. The summed E-state index contributed by atoms with van der Waals surface area (Å²) in [5.41, 5.74) is 1.33. The van der Waals surface area contributed by atoms with Crippen LogP contribution in [0.15, 0.2) is 60.8 Å². The van der Waals surface area contributed by atoms with E-state index in [4.69, 9.17) is 4.74 Å². The maximum Gasteiger partial charge on any atom is 0.435 e. The lowest BCUT2D eigenvalue weighted by molar-refractivity contribution is -0.141. The van der Waals surface area contributed by atoms with Crippen LogP contribution in [0, 0.1) is 0 Å². The van der Waals surface area contributed by atoms with Crippen molar-refractivity contribution in [2.24, 2.45) is 0 Å². The first-order valence-electron chi connectivity index (χ1n) is 10.9. The van der Waals surface area contributed by atoms with Gasteiger partial charge in [-0.1, -0.05) is 0 Å². The molecule has 1 saturated heterocycles. The van der Waals surface area contributed by atoms with Gasteiger partial charge in [-0.2, -0.15) is 18.3 Å². The summed E-state index contributed by atoms with van der Waals surface area (Å²) < 4.78 is 44.7. The van der Waals surface area contributed by atoms with Crippen LogP contribution in [0.3, 0.4) is 0 Å². The van der Waals surface area contributed by atoms with Crippen LogP contribution in [0.5, 0.6) is 0 Å². The Kier molecular flexibility index (Phi) is 7.06. The van der Waals surface area contributed by atoms with Gasteiger partial charge in [-0.15, -0.1) is 0 Å². The van der Waals surface area contributed by atoms with E-state index in [0.29, 0.717) is 30.2 Å². The molecule has 1 aromatic heterocycles. The highest BCUT2D eigenvalue weighted by Gasteiger charge is 2.33. The van der Waals surface area contributed by atoms with Crippen molar-refractivity contribution in [2.75, 3.05) is 50.1 Å². The average Bonchev–Trinajstić information content (AvgIpc) is 3.36. The van der Waals surface area contributed by atoms with Crippen molar-refractivity contribution in [3.8, 4) is 5.69 Å². The molecule has 0 atom stereocenters. The van der Waals surface area contributed by atoms with Gasteiger partial charge in [0.15, 0.2) is 5.69 Å². The molecule has 0 aliphatic carbocycles. The summed E-state index contributed by atoms with van der Waals surface area (Å²) in [5.74, 6) is -0.751. The molecule has 0 bridgehead atoms. The number of anilines is 2. The number of aromatic nitrogens is 2. The second-order valence-electron chi connectivity index (χ2n) is 8.05. The Hall–Kier alpha value is -3.86. The Morgan fingerprint density at radius 2 is 1.63 bits per heavy atom. The summed E-state index contributed by atoms with van der Waals surface area (Å²) in [5, 5.41) is 6.28. The highest BCUT2D eigenvalue weighted by Crippen LogP contribution is 2.28. The summed E-state index contributed by atoms with van der Waals surface area (Å²) in [6, 6.07) is 14.3. The van der Waals surface area contributed by atoms with E-state index in [1.807, 2.05) is 24.3 Å². The minimum atomic E-state index is -4.53. The number of nitrogens with zero attached hydrogens (tertiary/aromatic N) is 4. The molecule has 8 nitrogen and oxygen atoms in total. The topological polar surface area (TPSA) is 79.7 Å². The molecule has 0 radical (unpaired) electrons. The third-order valence-corrected chi connectivity index (χ3v) is 5.51. The number of ether oxygens (including phenoxy) is 1. The number of morpholine rings is 1. The average molecular weight is 487 g/mol. The van der Waals surface area contributed by atoms with Gasteiger partial charge in [-0.3, -0.25) is 9.59 Å². The molecule has 2 heterocycles. The number of rotatable bonds is 6. The second kappa shape index (κ2) is 10.2. The molecular weight excluding hydrogens is 463 g/mol. The summed E-state index contributed by atoms with van der Waals surface area (Å²) in [6.07, 6.45) is -3.33. The fourth-order valence-electron chi connectivity index (χ4n) is 3.66. The van der Waals surface area contributed by atoms with Crippen LogP contribution in [-0.2, 0) is 15.7 Å². The molecule has 0 spiro atoms. The van der Waals surface area contributed by atoms with E-state index in [1.54, 1.807) is 0 Å². The molecule has 184 valence electrons. The van der Waals surface area contributed by atoms with Crippen molar-refractivity contribution in [2.45, 2.75) is 6.18 Å². The van der Waals surface area contributed by atoms with Crippen molar-refractivity contribution in [1.82, 2.24) is 14.7 Å². The second-order valence-corrected chi connectivity index (χ2v) is 8.05. The summed E-state index contributed by atoms with van der Waals surface area (Å²) >= 11 is 0. The zero-order valence-corrected chi connectivity index (χ0v) is 19.0. The summed E-state index contributed by atoms with van der Waals surface area (Å²) in [6.45, 7) is 2.83. The van der Waals surface area contributed by atoms with Gasteiger partial charge in [0.2, 0.25) is 5.91 Å². The minimum absolute atomic E-state index is 0.167. The highest BCUT2D eigenvalue weighted by atomic mass is 19.4. The molecule has 1 fully saturated rings. The SMILES string of the molecule is CN(CC(=O)Nc1ccc(N2CCOCC2)cc1)C(=O)c1ccc(-n2ccc(C(F)(F)F)n2)cc1. The van der Waals surface area contributed by atoms with Crippen LogP contribution in [0.4, 0.5) is 24.5 Å². The van der Waals surface area contributed by atoms with Gasteiger partial charge in [0, 0.05) is 43.3 Å². The largest absolute Gasteiger partial charge is 0.435 e. The number of likely N-dealkylation sites (N-methyl/N-ethyl adjacent to an activating group) is 1. The molecule has 1 N–H and O–H groups in total. The molecule has 1 aliphatic heterocycles. The standard InChI is InChI=1S/C24H24F3N5O3/c1-30(16-22(33)28-18-4-8-19(9-5-18)31-12-14-35-15-13-31)23(34)17-2-6-20(7-3-17)32-11-10-21(29-32)24(25,26)27/h2-11H,12-16H2,1H3,(H,28,33). The molecule has 11 heteroatoms. The zero-order valence-electron chi connectivity index (χ0n) is 19.0. The van der Waals surface area contributed by atoms with Crippen LogP contribution < -0.4 is 10.2 Å². The fraction of sp³-hybridized carbons (Fsp3) is 0.292. The van der Waals surface area contributed by atoms with Gasteiger partial charge in [0.1, 0.15) is 0 Å². The monoisotopic (exact) mass is 487 g/mol. The normalized spacial score (nSPS) is 14.0. The molecule has 0 unspecified atom stereocenters. The number of nitrogens with one attached hydrogen (secondary N) is 1. The van der Waals surface area contributed by atoms with Crippen LogP contribution in [-0.4, -0.2) is 66.4 Å². The van der Waals surface area contributed by atoms with Crippen LogP contribution in [0.1, 0.15) is 16.1 Å². The molecule has 35 heavy (non-hydrogen) atoms. The Bertz CT molecular complexity index is 1170. The first kappa shape index (κ1) is 24.3. The number of carbonyl (C=O) groups is 2. The van der Waals surface area contributed by atoms with E-state index in [0.717, 1.165) is 29.5 Å². The molecule has 3 aromatic rings. The highest BCUT2D eigenvalue weighted by molar-refractivity contribution is 5.99. The Balaban J connectivity index is 1.32. The van der Waals surface area contributed by atoms with Crippen molar-refractivity contribution in [3.63, 3.8) is 0 Å². The number of alkyl halides is 3. The first-order valence-corrected chi connectivity index (χ1v) is 10.9. The molecule has 4 rings (SSSR count). The number of carbonyl (C=O) groups excluding carboxylic acids is 2. The number of hydrogen-bond donors (Lipinski definition) is 1. The Morgan fingerprint density at radius 1 is 1.00 bits per heavy atom. The lowest BCUT2D eigenvalue weighted by Crippen LogP contribution is -2.36. The van der Waals surface area contributed by atoms with Gasteiger partial charge < -0.3 is 19.9 Å². The lowest BCUT2D eigenvalue weighted by atomic mass is 10.2. The molecule has 1 aliphatic rings. The predicted molar refractivity (Wildman–Crippen MR) is 124 cm³/mol. The van der Waals surface area contributed by atoms with Gasteiger partial charge in [-0.25, -0.2) is 4.68 Å². The molecule has 2 aromatic carbocycles. The van der Waals surface area contributed by atoms with Gasteiger partial charge in [-0.05, 0) is 54.6 Å². The van der Waals surface area contributed by atoms with Crippen LogP contribution in [0.25, 0.3) is 5.69 Å². The predicted octanol–water partition coefficient (Wildman–Crippen LogP) is 3.44. The lowest BCUT2D eigenvalue weighted by Gasteiger charge is -2.28. The maximum atomic E-state index is 12.7. The third kappa shape index (κ3) is 5.99. The molecular formula is C24H24F3N5O3.